The molecule has 0 aliphatic heterocycles. The SMILES string of the molecule is CNC(c1cccc(C)n1)c1ccc(F)cc1C. The third-order valence-corrected chi connectivity index (χ3v) is 3.04. The first-order chi connectivity index (χ1) is 8.61. The second-order valence-corrected chi connectivity index (χ2v) is 4.43. The Bertz CT molecular complexity index is 552. The zero-order chi connectivity index (χ0) is 13.1. The Balaban J connectivity index is 2.45. The van der Waals surface area contributed by atoms with Crippen molar-refractivity contribution >= 4 is 0 Å². The summed E-state index contributed by atoms with van der Waals surface area (Å²) in [6.45, 7) is 3.88. The van der Waals surface area contributed by atoms with Crippen molar-refractivity contribution in [2.75, 3.05) is 7.05 Å². The Morgan fingerprint density at radius 2 is 1.94 bits per heavy atom. The number of aromatic nitrogens is 1. The van der Waals surface area contributed by atoms with Gasteiger partial charge in [0.05, 0.1) is 11.7 Å². The van der Waals surface area contributed by atoms with Crippen LogP contribution < -0.4 is 5.32 Å². The number of pyridine rings is 1. The van der Waals surface area contributed by atoms with Crippen molar-refractivity contribution in [1.82, 2.24) is 10.3 Å². The zero-order valence-electron chi connectivity index (χ0n) is 10.9. The molecule has 0 amide bonds. The molecule has 0 fully saturated rings. The highest BCUT2D eigenvalue weighted by Gasteiger charge is 2.15. The molecule has 1 heterocycles. The van der Waals surface area contributed by atoms with Gasteiger partial charge in [-0.15, -0.1) is 0 Å². The van der Waals surface area contributed by atoms with Gasteiger partial charge in [0.15, 0.2) is 0 Å². The lowest BCUT2D eigenvalue weighted by Crippen LogP contribution is -2.20. The molecule has 2 rings (SSSR count). The summed E-state index contributed by atoms with van der Waals surface area (Å²) in [5.41, 5.74) is 3.91. The molecule has 0 bridgehead atoms. The lowest BCUT2D eigenvalue weighted by molar-refractivity contribution is 0.619. The van der Waals surface area contributed by atoms with Crippen molar-refractivity contribution in [3.05, 3.63) is 64.7 Å². The number of nitrogens with zero attached hydrogens (tertiary/aromatic N) is 1. The maximum atomic E-state index is 13.1. The molecule has 0 radical (unpaired) electrons. The molecule has 0 saturated carbocycles. The van der Waals surface area contributed by atoms with Crippen molar-refractivity contribution in [2.45, 2.75) is 19.9 Å². The number of rotatable bonds is 3. The molecule has 3 heteroatoms. The number of hydrogen-bond donors (Lipinski definition) is 1. The predicted octanol–water partition coefficient (Wildman–Crippen LogP) is 3.15. The van der Waals surface area contributed by atoms with Gasteiger partial charge in [-0.3, -0.25) is 4.98 Å². The number of nitrogens with one attached hydrogen (secondary N) is 1. The Morgan fingerprint density at radius 3 is 2.56 bits per heavy atom. The van der Waals surface area contributed by atoms with Gasteiger partial charge in [0, 0.05) is 5.69 Å². The number of halogens is 1. The van der Waals surface area contributed by atoms with Crippen molar-refractivity contribution in [3.63, 3.8) is 0 Å². The predicted molar refractivity (Wildman–Crippen MR) is 71.0 cm³/mol. The smallest absolute Gasteiger partial charge is 0.123 e. The minimum absolute atomic E-state index is 0.00880. The number of benzene rings is 1. The first-order valence-electron chi connectivity index (χ1n) is 5.98. The van der Waals surface area contributed by atoms with E-state index in [4.69, 9.17) is 0 Å². The van der Waals surface area contributed by atoms with E-state index in [-0.39, 0.29) is 11.9 Å². The fourth-order valence-electron chi connectivity index (χ4n) is 2.15. The Hall–Kier alpha value is -1.74. The molecule has 1 N–H and O–H groups in total. The number of aryl methyl sites for hydroxylation is 2. The van der Waals surface area contributed by atoms with Crippen LogP contribution in [0.3, 0.4) is 0 Å². The molecule has 0 aliphatic carbocycles. The molecule has 2 nitrogen and oxygen atoms in total. The van der Waals surface area contributed by atoms with Crippen LogP contribution in [0.4, 0.5) is 4.39 Å². The number of hydrogen-bond acceptors (Lipinski definition) is 2. The molecule has 94 valence electrons. The Morgan fingerprint density at radius 1 is 1.17 bits per heavy atom. The largest absolute Gasteiger partial charge is 0.308 e. The van der Waals surface area contributed by atoms with Crippen LogP contribution in [0.25, 0.3) is 0 Å². The lowest BCUT2D eigenvalue weighted by Gasteiger charge is -2.18. The molecule has 1 aromatic carbocycles. The highest BCUT2D eigenvalue weighted by Crippen LogP contribution is 2.24. The summed E-state index contributed by atoms with van der Waals surface area (Å²) in [6, 6.07) is 10.8. The van der Waals surface area contributed by atoms with Crippen LogP contribution >= 0.6 is 0 Å². The van der Waals surface area contributed by atoms with Gasteiger partial charge in [-0.05, 0) is 56.3 Å². The topological polar surface area (TPSA) is 24.9 Å². The van der Waals surface area contributed by atoms with Crippen LogP contribution in [-0.4, -0.2) is 12.0 Å². The molecule has 0 spiro atoms. The van der Waals surface area contributed by atoms with Gasteiger partial charge < -0.3 is 5.32 Å². The Labute approximate surface area is 107 Å². The van der Waals surface area contributed by atoms with Crippen molar-refractivity contribution in [3.8, 4) is 0 Å². The van der Waals surface area contributed by atoms with Gasteiger partial charge in [-0.2, -0.15) is 0 Å². The summed E-state index contributed by atoms with van der Waals surface area (Å²) in [6.07, 6.45) is 0. The molecule has 0 aliphatic rings. The van der Waals surface area contributed by atoms with E-state index >= 15 is 0 Å². The van der Waals surface area contributed by atoms with E-state index in [0.717, 1.165) is 22.5 Å². The minimum atomic E-state index is -0.205. The summed E-state index contributed by atoms with van der Waals surface area (Å²) in [4.78, 5) is 4.53. The average molecular weight is 244 g/mol. The molecule has 1 aromatic heterocycles. The molecule has 18 heavy (non-hydrogen) atoms. The fraction of sp³-hybridized carbons (Fsp3) is 0.267. The summed E-state index contributed by atoms with van der Waals surface area (Å²) in [5, 5.41) is 3.24. The maximum absolute atomic E-state index is 13.1. The minimum Gasteiger partial charge on any atom is -0.308 e. The van der Waals surface area contributed by atoms with Crippen LogP contribution in [0.5, 0.6) is 0 Å². The van der Waals surface area contributed by atoms with Gasteiger partial charge in [-0.1, -0.05) is 12.1 Å². The maximum Gasteiger partial charge on any atom is 0.123 e. The molecule has 1 unspecified atom stereocenters. The fourth-order valence-corrected chi connectivity index (χ4v) is 2.15. The summed E-state index contributed by atoms with van der Waals surface area (Å²) >= 11 is 0. The zero-order valence-corrected chi connectivity index (χ0v) is 10.9. The molecule has 1 atom stereocenters. The normalized spacial score (nSPS) is 12.4. The second kappa shape index (κ2) is 5.27. The van der Waals surface area contributed by atoms with Crippen LogP contribution in [-0.2, 0) is 0 Å². The van der Waals surface area contributed by atoms with Crippen LogP contribution in [0.2, 0.25) is 0 Å². The first-order valence-corrected chi connectivity index (χ1v) is 5.98. The van der Waals surface area contributed by atoms with E-state index in [2.05, 4.69) is 10.3 Å². The van der Waals surface area contributed by atoms with E-state index in [0.29, 0.717) is 0 Å². The summed E-state index contributed by atoms with van der Waals surface area (Å²) in [7, 11) is 1.89. The van der Waals surface area contributed by atoms with Crippen molar-refractivity contribution in [2.24, 2.45) is 0 Å². The third-order valence-electron chi connectivity index (χ3n) is 3.04. The van der Waals surface area contributed by atoms with Crippen molar-refractivity contribution < 1.29 is 4.39 Å². The van der Waals surface area contributed by atoms with Gasteiger partial charge in [0.2, 0.25) is 0 Å². The first kappa shape index (κ1) is 12.7. The van der Waals surface area contributed by atoms with E-state index in [1.54, 1.807) is 6.07 Å². The summed E-state index contributed by atoms with van der Waals surface area (Å²) < 4.78 is 13.1. The van der Waals surface area contributed by atoms with E-state index in [1.165, 1.54) is 6.07 Å². The summed E-state index contributed by atoms with van der Waals surface area (Å²) in [5.74, 6) is -0.205. The quantitative estimate of drug-likeness (QED) is 0.897. The van der Waals surface area contributed by atoms with Gasteiger partial charge in [-0.25, -0.2) is 4.39 Å². The van der Waals surface area contributed by atoms with Crippen molar-refractivity contribution in [1.29, 1.82) is 0 Å². The van der Waals surface area contributed by atoms with E-state index in [9.17, 15) is 4.39 Å². The standard InChI is InChI=1S/C15H17FN2/c1-10-9-12(16)7-8-13(10)15(17-3)14-6-4-5-11(2)18-14/h4-9,15,17H,1-3H3. The van der Waals surface area contributed by atoms with Gasteiger partial charge >= 0.3 is 0 Å². The van der Waals surface area contributed by atoms with Gasteiger partial charge in [0.1, 0.15) is 5.82 Å². The van der Waals surface area contributed by atoms with Crippen LogP contribution in [0.15, 0.2) is 36.4 Å². The Kier molecular flexibility index (Phi) is 3.72. The highest BCUT2D eigenvalue weighted by molar-refractivity contribution is 5.35. The van der Waals surface area contributed by atoms with E-state index < -0.39 is 0 Å². The van der Waals surface area contributed by atoms with Gasteiger partial charge in [0.25, 0.3) is 0 Å². The molecule has 0 saturated heterocycles. The highest BCUT2D eigenvalue weighted by atomic mass is 19.1. The average Bonchev–Trinajstić information content (AvgIpc) is 2.33. The van der Waals surface area contributed by atoms with Crippen LogP contribution in [0.1, 0.15) is 28.6 Å². The van der Waals surface area contributed by atoms with Crippen LogP contribution in [0, 0.1) is 19.7 Å². The lowest BCUT2D eigenvalue weighted by atomic mass is 9.98. The van der Waals surface area contributed by atoms with E-state index in [1.807, 2.05) is 45.2 Å². The molecule has 2 aromatic rings. The second-order valence-electron chi connectivity index (χ2n) is 4.43. The third kappa shape index (κ3) is 2.57. The molecular formula is C15H17FN2. The monoisotopic (exact) mass is 244 g/mol. The molecular weight excluding hydrogens is 227 g/mol.